The standard InChI is InChI=1S/C36H40ClN3O6S/c1-5-26(2)38-36(42)32(22-27-12-8-6-9-13-27)39(24-28-16-18-29(37)19-17-28)35(41)25-40(47(43,44)31-14-10-7-11-15-31)30-20-21-33(45-3)34(23-30)46-4/h6-21,23,26,32H,5,22,24-25H2,1-4H3,(H,38,42). The monoisotopic (exact) mass is 677 g/mol. The van der Waals surface area contributed by atoms with Crippen LogP contribution in [0.3, 0.4) is 0 Å². The van der Waals surface area contributed by atoms with Crippen molar-refractivity contribution in [2.75, 3.05) is 25.1 Å². The minimum absolute atomic E-state index is 0.00202. The SMILES string of the molecule is CCC(C)NC(=O)C(Cc1ccccc1)N(Cc1ccc(Cl)cc1)C(=O)CN(c1ccc(OC)c(OC)c1)S(=O)(=O)c1ccccc1. The molecule has 248 valence electrons. The van der Waals surface area contributed by atoms with Gasteiger partial charge in [0.15, 0.2) is 11.5 Å². The van der Waals surface area contributed by atoms with E-state index in [4.69, 9.17) is 21.1 Å². The first-order valence-electron chi connectivity index (χ1n) is 15.2. The Morgan fingerprint density at radius 2 is 1.45 bits per heavy atom. The van der Waals surface area contributed by atoms with Crippen molar-refractivity contribution in [2.24, 2.45) is 0 Å². The first-order valence-corrected chi connectivity index (χ1v) is 17.1. The van der Waals surface area contributed by atoms with Crippen LogP contribution in [0.2, 0.25) is 5.02 Å². The maximum atomic E-state index is 14.6. The third kappa shape index (κ3) is 9.05. The van der Waals surface area contributed by atoms with Crippen LogP contribution in [0.1, 0.15) is 31.4 Å². The smallest absolute Gasteiger partial charge is 0.264 e. The Morgan fingerprint density at radius 3 is 2.04 bits per heavy atom. The first-order chi connectivity index (χ1) is 22.6. The lowest BCUT2D eigenvalue weighted by Gasteiger charge is -2.34. The van der Waals surface area contributed by atoms with E-state index < -0.39 is 28.5 Å². The number of amides is 2. The number of benzene rings is 4. The third-order valence-corrected chi connectivity index (χ3v) is 9.84. The van der Waals surface area contributed by atoms with Gasteiger partial charge in [0.25, 0.3) is 10.0 Å². The molecule has 47 heavy (non-hydrogen) atoms. The summed E-state index contributed by atoms with van der Waals surface area (Å²) in [4.78, 5) is 30.0. The van der Waals surface area contributed by atoms with Crippen LogP contribution in [0.25, 0.3) is 0 Å². The lowest BCUT2D eigenvalue weighted by molar-refractivity contribution is -0.140. The maximum absolute atomic E-state index is 14.6. The van der Waals surface area contributed by atoms with E-state index in [1.807, 2.05) is 44.2 Å². The van der Waals surface area contributed by atoms with E-state index in [2.05, 4.69) is 5.32 Å². The van der Waals surface area contributed by atoms with Gasteiger partial charge < -0.3 is 19.7 Å². The molecule has 1 N–H and O–H groups in total. The van der Waals surface area contributed by atoms with Crippen molar-refractivity contribution < 1.29 is 27.5 Å². The minimum atomic E-state index is -4.26. The highest BCUT2D eigenvalue weighted by Crippen LogP contribution is 2.34. The molecular formula is C36H40ClN3O6S. The van der Waals surface area contributed by atoms with E-state index in [1.165, 1.54) is 37.3 Å². The summed E-state index contributed by atoms with van der Waals surface area (Å²) in [6.07, 6.45) is 0.904. The molecule has 0 bridgehead atoms. The number of ether oxygens (including phenoxy) is 2. The summed E-state index contributed by atoms with van der Waals surface area (Å²) in [7, 11) is -1.34. The largest absolute Gasteiger partial charge is 0.493 e. The van der Waals surface area contributed by atoms with Crippen LogP contribution in [0.15, 0.2) is 108 Å². The average molecular weight is 678 g/mol. The Bertz CT molecular complexity index is 1740. The van der Waals surface area contributed by atoms with Gasteiger partial charge in [-0.25, -0.2) is 8.42 Å². The molecule has 0 heterocycles. The normalized spacial score (nSPS) is 12.4. The molecule has 0 aliphatic carbocycles. The number of carbonyl (C=O) groups excluding carboxylic acids is 2. The Labute approximate surface area is 282 Å². The lowest BCUT2D eigenvalue weighted by Crippen LogP contribution is -2.54. The van der Waals surface area contributed by atoms with E-state index >= 15 is 0 Å². The Balaban J connectivity index is 1.83. The second-order valence-corrected chi connectivity index (χ2v) is 13.3. The first kappa shape index (κ1) is 35.3. The summed E-state index contributed by atoms with van der Waals surface area (Å²) in [6.45, 7) is 3.30. The quantitative estimate of drug-likeness (QED) is 0.163. The molecule has 4 aromatic carbocycles. The molecular weight excluding hydrogens is 638 g/mol. The van der Waals surface area contributed by atoms with Gasteiger partial charge >= 0.3 is 0 Å². The van der Waals surface area contributed by atoms with Crippen molar-refractivity contribution in [3.63, 3.8) is 0 Å². The van der Waals surface area contributed by atoms with Crippen molar-refractivity contribution in [3.8, 4) is 11.5 Å². The molecule has 0 radical (unpaired) electrons. The number of nitrogens with zero attached hydrogens (tertiary/aromatic N) is 2. The molecule has 0 aromatic heterocycles. The fourth-order valence-electron chi connectivity index (χ4n) is 5.01. The van der Waals surface area contributed by atoms with E-state index in [0.29, 0.717) is 22.9 Å². The second kappa shape index (κ2) is 16.3. The molecule has 9 nitrogen and oxygen atoms in total. The second-order valence-electron chi connectivity index (χ2n) is 11.0. The predicted octanol–water partition coefficient (Wildman–Crippen LogP) is 6.11. The van der Waals surface area contributed by atoms with Crippen molar-refractivity contribution in [1.29, 1.82) is 0 Å². The molecule has 0 saturated carbocycles. The summed E-state index contributed by atoms with van der Waals surface area (Å²) in [5.41, 5.74) is 1.76. The Morgan fingerprint density at radius 1 is 0.830 bits per heavy atom. The maximum Gasteiger partial charge on any atom is 0.264 e. The molecule has 4 rings (SSSR count). The number of halogens is 1. The predicted molar refractivity (Wildman–Crippen MR) is 184 cm³/mol. The average Bonchev–Trinajstić information content (AvgIpc) is 3.09. The van der Waals surface area contributed by atoms with Crippen molar-refractivity contribution >= 4 is 39.1 Å². The molecule has 4 aromatic rings. The van der Waals surface area contributed by atoms with Gasteiger partial charge in [0, 0.05) is 30.1 Å². The van der Waals surface area contributed by atoms with Crippen molar-refractivity contribution in [2.45, 2.75) is 50.2 Å². The number of anilines is 1. The van der Waals surface area contributed by atoms with Gasteiger partial charge in [0.1, 0.15) is 12.6 Å². The summed E-state index contributed by atoms with van der Waals surface area (Å²) >= 11 is 6.16. The highest BCUT2D eigenvalue weighted by Gasteiger charge is 2.35. The molecule has 0 spiro atoms. The topological polar surface area (TPSA) is 105 Å². The van der Waals surface area contributed by atoms with Crippen LogP contribution in [0.4, 0.5) is 5.69 Å². The molecule has 0 aliphatic heterocycles. The van der Waals surface area contributed by atoms with Crippen LogP contribution in [-0.2, 0) is 32.6 Å². The lowest BCUT2D eigenvalue weighted by atomic mass is 10.0. The fraction of sp³-hybridized carbons (Fsp3) is 0.278. The van der Waals surface area contributed by atoms with Crippen molar-refractivity contribution in [1.82, 2.24) is 10.2 Å². The number of hydrogen-bond acceptors (Lipinski definition) is 6. The Hall–Kier alpha value is -4.54. The summed E-state index contributed by atoms with van der Waals surface area (Å²) < 4.78 is 40.3. The zero-order chi connectivity index (χ0) is 34.0. The Kier molecular flexibility index (Phi) is 12.3. The van der Waals surface area contributed by atoms with Gasteiger partial charge in [0.2, 0.25) is 11.8 Å². The highest BCUT2D eigenvalue weighted by molar-refractivity contribution is 7.92. The van der Waals surface area contributed by atoms with Crippen LogP contribution in [-0.4, -0.2) is 58.0 Å². The molecule has 11 heteroatoms. The molecule has 2 atom stereocenters. The summed E-state index contributed by atoms with van der Waals surface area (Å²) in [5, 5.41) is 3.56. The fourth-order valence-corrected chi connectivity index (χ4v) is 6.56. The third-order valence-electron chi connectivity index (χ3n) is 7.80. The summed E-state index contributed by atoms with van der Waals surface area (Å²) in [6, 6.07) is 27.8. The van der Waals surface area contributed by atoms with Crippen molar-refractivity contribution in [3.05, 3.63) is 119 Å². The number of nitrogens with one attached hydrogen (secondary N) is 1. The number of methoxy groups -OCH3 is 2. The van der Waals surface area contributed by atoms with E-state index in [0.717, 1.165) is 15.4 Å². The van der Waals surface area contributed by atoms with Crippen LogP contribution < -0.4 is 19.1 Å². The minimum Gasteiger partial charge on any atom is -0.493 e. The van der Waals surface area contributed by atoms with Gasteiger partial charge in [-0.15, -0.1) is 0 Å². The number of hydrogen-bond donors (Lipinski definition) is 1. The van der Waals surface area contributed by atoms with E-state index in [-0.39, 0.29) is 35.5 Å². The van der Waals surface area contributed by atoms with E-state index in [1.54, 1.807) is 54.6 Å². The van der Waals surface area contributed by atoms with Gasteiger partial charge in [-0.05, 0) is 60.9 Å². The number of sulfonamides is 1. The molecule has 0 aliphatic rings. The molecule has 0 fully saturated rings. The number of carbonyl (C=O) groups is 2. The number of rotatable bonds is 15. The summed E-state index contributed by atoms with van der Waals surface area (Å²) in [5.74, 6) is -0.226. The van der Waals surface area contributed by atoms with E-state index in [9.17, 15) is 18.0 Å². The van der Waals surface area contributed by atoms with Gasteiger partial charge in [0.05, 0.1) is 24.8 Å². The van der Waals surface area contributed by atoms with Gasteiger partial charge in [-0.3, -0.25) is 13.9 Å². The van der Waals surface area contributed by atoms with Crippen LogP contribution in [0.5, 0.6) is 11.5 Å². The molecule has 0 saturated heterocycles. The van der Waals surface area contributed by atoms with Crippen LogP contribution in [0, 0.1) is 0 Å². The van der Waals surface area contributed by atoms with Gasteiger partial charge in [-0.2, -0.15) is 0 Å². The zero-order valence-corrected chi connectivity index (χ0v) is 28.5. The molecule has 2 unspecified atom stereocenters. The van der Waals surface area contributed by atoms with Gasteiger partial charge in [-0.1, -0.05) is 79.2 Å². The highest BCUT2D eigenvalue weighted by atomic mass is 35.5. The van der Waals surface area contributed by atoms with Crippen LogP contribution >= 0.6 is 11.6 Å². The zero-order valence-electron chi connectivity index (χ0n) is 26.9. The molecule has 2 amide bonds.